The minimum absolute atomic E-state index is 0.657. The molecular weight excluding hydrogens is 186 g/mol. The van der Waals surface area contributed by atoms with Crippen molar-refractivity contribution in [2.45, 2.75) is 6.42 Å². The lowest BCUT2D eigenvalue weighted by Gasteiger charge is -1.99. The van der Waals surface area contributed by atoms with Crippen LogP contribution in [0, 0.1) is 11.3 Å². The number of nitriles is 1. The molecule has 3 N–H and O–H groups in total. The Hall–Kier alpha value is -1.79. The number of nitrogen functional groups attached to an aromatic ring is 1. The Morgan fingerprint density at radius 3 is 3.00 bits per heavy atom. The highest BCUT2D eigenvalue weighted by molar-refractivity contribution is 5.62. The standard InChI is InChI=1S/C12H15N3/c1-15-7-3-2-4-10-8-12(14)6-5-11(10)9-13/h2,4-6,8,15H,3,7,14H2,1H3. The van der Waals surface area contributed by atoms with Gasteiger partial charge in [0.05, 0.1) is 11.6 Å². The van der Waals surface area contributed by atoms with Crippen molar-refractivity contribution in [1.82, 2.24) is 5.32 Å². The third kappa shape index (κ3) is 3.45. The predicted molar refractivity (Wildman–Crippen MR) is 63.1 cm³/mol. The lowest BCUT2D eigenvalue weighted by Crippen LogP contribution is -2.05. The fourth-order valence-corrected chi connectivity index (χ4v) is 1.26. The highest BCUT2D eigenvalue weighted by Gasteiger charge is 1.97. The molecule has 1 rings (SSSR count). The van der Waals surface area contributed by atoms with E-state index in [1.165, 1.54) is 0 Å². The molecule has 0 aliphatic heterocycles. The number of rotatable bonds is 4. The zero-order valence-corrected chi connectivity index (χ0v) is 8.83. The zero-order valence-electron chi connectivity index (χ0n) is 8.83. The molecule has 3 nitrogen and oxygen atoms in total. The van der Waals surface area contributed by atoms with E-state index in [1.54, 1.807) is 12.1 Å². The van der Waals surface area contributed by atoms with Crippen LogP contribution in [0.1, 0.15) is 17.5 Å². The zero-order chi connectivity index (χ0) is 11.1. The van der Waals surface area contributed by atoms with Gasteiger partial charge in [-0.3, -0.25) is 0 Å². The van der Waals surface area contributed by atoms with Crippen molar-refractivity contribution in [1.29, 1.82) is 5.26 Å². The fourth-order valence-electron chi connectivity index (χ4n) is 1.26. The van der Waals surface area contributed by atoms with Crippen molar-refractivity contribution in [3.8, 4) is 6.07 Å². The van der Waals surface area contributed by atoms with E-state index in [-0.39, 0.29) is 0 Å². The Balaban J connectivity index is 2.79. The summed E-state index contributed by atoms with van der Waals surface area (Å²) in [5, 5.41) is 11.9. The molecule has 0 bridgehead atoms. The molecule has 0 spiro atoms. The minimum Gasteiger partial charge on any atom is -0.399 e. The van der Waals surface area contributed by atoms with Gasteiger partial charge >= 0.3 is 0 Å². The van der Waals surface area contributed by atoms with Crippen molar-refractivity contribution >= 4 is 11.8 Å². The number of nitrogens with one attached hydrogen (secondary N) is 1. The van der Waals surface area contributed by atoms with Gasteiger partial charge in [0.25, 0.3) is 0 Å². The van der Waals surface area contributed by atoms with Crippen molar-refractivity contribution in [2.75, 3.05) is 19.3 Å². The summed E-state index contributed by atoms with van der Waals surface area (Å²) in [6.07, 6.45) is 4.91. The molecule has 0 fully saturated rings. The van der Waals surface area contributed by atoms with Crippen LogP contribution in [0.4, 0.5) is 5.69 Å². The molecule has 15 heavy (non-hydrogen) atoms. The molecule has 0 saturated carbocycles. The lowest BCUT2D eigenvalue weighted by atomic mass is 10.1. The Morgan fingerprint density at radius 2 is 2.33 bits per heavy atom. The molecule has 1 aromatic rings. The van der Waals surface area contributed by atoms with Crippen molar-refractivity contribution in [3.63, 3.8) is 0 Å². The van der Waals surface area contributed by atoms with Crippen molar-refractivity contribution < 1.29 is 0 Å². The van der Waals surface area contributed by atoms with Crippen molar-refractivity contribution in [3.05, 3.63) is 35.4 Å². The van der Waals surface area contributed by atoms with Crippen molar-refractivity contribution in [2.24, 2.45) is 0 Å². The van der Waals surface area contributed by atoms with Crippen LogP contribution < -0.4 is 11.1 Å². The number of hydrogen-bond acceptors (Lipinski definition) is 3. The number of hydrogen-bond donors (Lipinski definition) is 2. The average Bonchev–Trinajstić information content (AvgIpc) is 2.25. The number of nitrogens with zero attached hydrogens (tertiary/aromatic N) is 1. The maximum Gasteiger partial charge on any atom is 0.0997 e. The van der Waals surface area contributed by atoms with Gasteiger partial charge in [0.1, 0.15) is 0 Å². The Morgan fingerprint density at radius 1 is 1.53 bits per heavy atom. The number of nitrogens with two attached hydrogens (primary N) is 1. The third-order valence-corrected chi connectivity index (χ3v) is 2.05. The summed E-state index contributed by atoms with van der Waals surface area (Å²) >= 11 is 0. The highest BCUT2D eigenvalue weighted by atomic mass is 14.8. The molecule has 0 atom stereocenters. The molecule has 0 heterocycles. The fraction of sp³-hybridized carbons (Fsp3) is 0.250. The van der Waals surface area contributed by atoms with Crippen LogP contribution >= 0.6 is 0 Å². The normalized spacial score (nSPS) is 10.4. The molecule has 0 saturated heterocycles. The highest BCUT2D eigenvalue weighted by Crippen LogP contribution is 2.14. The predicted octanol–water partition coefficient (Wildman–Crippen LogP) is 1.76. The molecule has 0 amide bonds. The van der Waals surface area contributed by atoms with E-state index in [0.29, 0.717) is 11.3 Å². The second kappa shape index (κ2) is 5.84. The first-order valence-electron chi connectivity index (χ1n) is 4.88. The smallest absolute Gasteiger partial charge is 0.0997 e. The largest absolute Gasteiger partial charge is 0.399 e. The maximum absolute atomic E-state index is 8.87. The Bertz CT molecular complexity index is 388. The van der Waals surface area contributed by atoms with Gasteiger partial charge in [-0.25, -0.2) is 0 Å². The average molecular weight is 201 g/mol. The van der Waals surface area contributed by atoms with E-state index < -0.39 is 0 Å². The second-order valence-electron chi connectivity index (χ2n) is 3.25. The summed E-state index contributed by atoms with van der Waals surface area (Å²) in [5.41, 5.74) is 7.88. The first kappa shape index (κ1) is 11.3. The van der Waals surface area contributed by atoms with Gasteiger partial charge in [0.2, 0.25) is 0 Å². The maximum atomic E-state index is 8.87. The van der Waals surface area contributed by atoms with E-state index >= 15 is 0 Å². The molecule has 0 radical (unpaired) electrons. The molecule has 3 heteroatoms. The third-order valence-electron chi connectivity index (χ3n) is 2.05. The van der Waals surface area contributed by atoms with E-state index in [4.69, 9.17) is 11.0 Å². The summed E-state index contributed by atoms with van der Waals surface area (Å²) in [7, 11) is 1.91. The quantitative estimate of drug-likeness (QED) is 0.576. The van der Waals surface area contributed by atoms with Gasteiger partial charge in [-0.2, -0.15) is 5.26 Å². The molecule has 78 valence electrons. The summed E-state index contributed by atoms with van der Waals surface area (Å²) in [6, 6.07) is 7.44. The molecule has 0 aliphatic carbocycles. The van der Waals surface area contributed by atoms with Crippen LogP contribution in [-0.4, -0.2) is 13.6 Å². The van der Waals surface area contributed by atoms with Gasteiger partial charge < -0.3 is 11.1 Å². The topological polar surface area (TPSA) is 61.8 Å². The van der Waals surface area contributed by atoms with Gasteiger partial charge in [-0.05, 0) is 43.8 Å². The summed E-state index contributed by atoms with van der Waals surface area (Å²) in [5.74, 6) is 0. The molecule has 0 aromatic heterocycles. The van der Waals surface area contributed by atoms with Gasteiger partial charge in [-0.15, -0.1) is 0 Å². The summed E-state index contributed by atoms with van der Waals surface area (Å²) in [4.78, 5) is 0. The minimum atomic E-state index is 0.657. The van der Waals surface area contributed by atoms with Gasteiger partial charge in [-0.1, -0.05) is 12.2 Å². The van der Waals surface area contributed by atoms with E-state index in [1.807, 2.05) is 25.3 Å². The van der Waals surface area contributed by atoms with Gasteiger partial charge in [0, 0.05) is 5.69 Å². The summed E-state index contributed by atoms with van der Waals surface area (Å²) < 4.78 is 0. The molecular formula is C12H15N3. The van der Waals surface area contributed by atoms with E-state index in [2.05, 4.69) is 11.4 Å². The van der Waals surface area contributed by atoms with E-state index in [9.17, 15) is 0 Å². The van der Waals surface area contributed by atoms with Crippen LogP contribution in [0.2, 0.25) is 0 Å². The molecule has 1 aromatic carbocycles. The SMILES string of the molecule is CNCCC=Cc1cc(N)ccc1C#N. The molecule has 0 unspecified atom stereocenters. The number of anilines is 1. The number of benzene rings is 1. The molecule has 0 aliphatic rings. The Kier molecular flexibility index (Phi) is 4.39. The first-order chi connectivity index (χ1) is 7.27. The van der Waals surface area contributed by atoms with E-state index in [0.717, 1.165) is 18.5 Å². The van der Waals surface area contributed by atoms with Gasteiger partial charge in [0.15, 0.2) is 0 Å². The van der Waals surface area contributed by atoms with Crippen LogP contribution in [0.25, 0.3) is 6.08 Å². The lowest BCUT2D eigenvalue weighted by molar-refractivity contribution is 0.809. The summed E-state index contributed by atoms with van der Waals surface area (Å²) in [6.45, 7) is 0.931. The monoisotopic (exact) mass is 201 g/mol. The second-order valence-corrected chi connectivity index (χ2v) is 3.25. The first-order valence-corrected chi connectivity index (χ1v) is 4.88. The van der Waals surface area contributed by atoms with Crippen LogP contribution in [0.3, 0.4) is 0 Å². The van der Waals surface area contributed by atoms with Crippen LogP contribution in [0.5, 0.6) is 0 Å². The van der Waals surface area contributed by atoms with Crippen LogP contribution in [0.15, 0.2) is 24.3 Å². The van der Waals surface area contributed by atoms with Crippen LogP contribution in [-0.2, 0) is 0 Å². The Labute approximate surface area is 90.2 Å².